The highest BCUT2D eigenvalue weighted by Gasteiger charge is 2.06. The van der Waals surface area contributed by atoms with Crippen LogP contribution in [0.15, 0.2) is 35.3 Å². The van der Waals surface area contributed by atoms with Gasteiger partial charge in [-0.1, -0.05) is 30.3 Å². The third-order valence-electron chi connectivity index (χ3n) is 3.56. The minimum Gasteiger partial charge on any atom is -0.383 e. The molecule has 0 spiro atoms. The molecule has 0 saturated carbocycles. The van der Waals surface area contributed by atoms with Crippen LogP contribution in [0.25, 0.3) is 0 Å². The van der Waals surface area contributed by atoms with Crippen LogP contribution in [-0.2, 0) is 4.74 Å². The van der Waals surface area contributed by atoms with E-state index in [9.17, 15) is 0 Å². The van der Waals surface area contributed by atoms with Crippen molar-refractivity contribution < 1.29 is 4.74 Å². The van der Waals surface area contributed by atoms with E-state index in [1.165, 1.54) is 5.56 Å². The van der Waals surface area contributed by atoms with Crippen LogP contribution in [0.2, 0.25) is 0 Å². The highest BCUT2D eigenvalue weighted by molar-refractivity contribution is 5.80. The maximum absolute atomic E-state index is 5.07. The summed E-state index contributed by atoms with van der Waals surface area (Å²) >= 11 is 0. The van der Waals surface area contributed by atoms with Gasteiger partial charge in [0.25, 0.3) is 0 Å². The molecule has 1 rings (SSSR count). The molecule has 0 aliphatic carbocycles. The van der Waals surface area contributed by atoms with Gasteiger partial charge < -0.3 is 20.3 Å². The number of benzene rings is 1. The van der Waals surface area contributed by atoms with Crippen LogP contribution in [0, 0.1) is 0 Å². The first-order valence-corrected chi connectivity index (χ1v) is 7.87. The van der Waals surface area contributed by atoms with Crippen molar-refractivity contribution >= 4 is 5.96 Å². The number of nitrogens with one attached hydrogen (secondary N) is 2. The van der Waals surface area contributed by atoms with E-state index in [-0.39, 0.29) is 6.04 Å². The molecule has 0 aliphatic heterocycles. The van der Waals surface area contributed by atoms with Gasteiger partial charge in [-0.3, -0.25) is 4.99 Å². The Morgan fingerprint density at radius 3 is 2.64 bits per heavy atom. The van der Waals surface area contributed by atoms with Gasteiger partial charge in [-0.2, -0.15) is 0 Å². The molecular weight excluding hydrogens is 276 g/mol. The van der Waals surface area contributed by atoms with Crippen LogP contribution in [0.4, 0.5) is 0 Å². The maximum Gasteiger partial charge on any atom is 0.191 e. The van der Waals surface area contributed by atoms with E-state index in [4.69, 9.17) is 4.74 Å². The molecule has 0 aliphatic rings. The first kappa shape index (κ1) is 18.5. The Bertz CT molecular complexity index is 422. The van der Waals surface area contributed by atoms with Crippen LogP contribution in [0.5, 0.6) is 0 Å². The quantitative estimate of drug-likeness (QED) is 0.415. The fourth-order valence-electron chi connectivity index (χ4n) is 2.14. The predicted molar refractivity (Wildman–Crippen MR) is 93.3 cm³/mol. The Morgan fingerprint density at radius 2 is 2.00 bits per heavy atom. The highest BCUT2D eigenvalue weighted by Crippen LogP contribution is 2.10. The molecule has 124 valence electrons. The molecular formula is C17H30N4O. The average molecular weight is 306 g/mol. The Hall–Kier alpha value is -1.59. The minimum atomic E-state index is 0.233. The summed E-state index contributed by atoms with van der Waals surface area (Å²) in [5.74, 6) is 0.843. The predicted octanol–water partition coefficient (Wildman–Crippen LogP) is 1.88. The summed E-state index contributed by atoms with van der Waals surface area (Å²) in [4.78, 5) is 6.55. The van der Waals surface area contributed by atoms with Crippen molar-refractivity contribution in [2.24, 2.45) is 4.99 Å². The van der Waals surface area contributed by atoms with Crippen molar-refractivity contribution in [3.05, 3.63) is 35.9 Å². The molecule has 0 heterocycles. The first-order valence-electron chi connectivity index (χ1n) is 7.87. The second-order valence-electron chi connectivity index (χ2n) is 5.43. The summed E-state index contributed by atoms with van der Waals surface area (Å²) < 4.78 is 5.07. The number of likely N-dealkylation sites (N-methyl/N-ethyl adjacent to an activating group) is 1. The van der Waals surface area contributed by atoms with Gasteiger partial charge in [-0.25, -0.2) is 0 Å². The summed E-state index contributed by atoms with van der Waals surface area (Å²) in [7, 11) is 5.65. The lowest BCUT2D eigenvalue weighted by Gasteiger charge is -2.19. The molecule has 22 heavy (non-hydrogen) atoms. The Kier molecular flexibility index (Phi) is 9.26. The summed E-state index contributed by atoms with van der Waals surface area (Å²) in [6, 6.07) is 10.6. The Morgan fingerprint density at radius 1 is 1.27 bits per heavy atom. The van der Waals surface area contributed by atoms with Gasteiger partial charge in [0, 0.05) is 27.2 Å². The van der Waals surface area contributed by atoms with Crippen molar-refractivity contribution in [2.45, 2.75) is 19.4 Å². The van der Waals surface area contributed by atoms with Crippen LogP contribution >= 0.6 is 0 Å². The molecule has 0 saturated heterocycles. The van der Waals surface area contributed by atoms with Gasteiger partial charge >= 0.3 is 0 Å². The number of methoxy groups -OCH3 is 1. The van der Waals surface area contributed by atoms with E-state index in [1.54, 1.807) is 14.2 Å². The molecule has 1 atom stereocenters. The van der Waals surface area contributed by atoms with Gasteiger partial charge in [0.1, 0.15) is 0 Å². The topological polar surface area (TPSA) is 48.9 Å². The number of hydrogen-bond donors (Lipinski definition) is 2. The number of rotatable bonds is 9. The van der Waals surface area contributed by atoms with Crippen molar-refractivity contribution in [1.29, 1.82) is 0 Å². The first-order chi connectivity index (χ1) is 10.7. The molecule has 1 aromatic carbocycles. The van der Waals surface area contributed by atoms with Gasteiger partial charge in [-0.15, -0.1) is 0 Å². The molecule has 5 heteroatoms. The lowest BCUT2D eigenvalue weighted by Crippen LogP contribution is -2.39. The fourth-order valence-corrected chi connectivity index (χ4v) is 2.14. The van der Waals surface area contributed by atoms with Crippen LogP contribution in [-0.4, -0.2) is 58.3 Å². The molecule has 2 N–H and O–H groups in total. The van der Waals surface area contributed by atoms with Gasteiger partial charge in [0.2, 0.25) is 0 Å². The van der Waals surface area contributed by atoms with Crippen LogP contribution in [0.3, 0.4) is 0 Å². The lowest BCUT2D eigenvalue weighted by molar-refractivity contribution is 0.161. The molecule has 0 bridgehead atoms. The molecule has 5 nitrogen and oxygen atoms in total. The number of guanidine groups is 1. The zero-order valence-electron chi connectivity index (χ0n) is 14.3. The second kappa shape index (κ2) is 11.0. The second-order valence-corrected chi connectivity index (χ2v) is 5.43. The SMILES string of the molecule is CN=C(NCCCN(C)CCOC)NC(C)c1ccccc1. The van der Waals surface area contributed by atoms with Crippen molar-refractivity contribution in [2.75, 3.05) is 47.4 Å². The Balaban J connectivity index is 2.25. The van der Waals surface area contributed by atoms with Gasteiger partial charge in [-0.05, 0) is 32.5 Å². The van der Waals surface area contributed by atoms with Crippen LogP contribution in [0.1, 0.15) is 24.9 Å². The summed E-state index contributed by atoms with van der Waals surface area (Å²) in [6.07, 6.45) is 1.07. The van der Waals surface area contributed by atoms with E-state index in [0.29, 0.717) is 0 Å². The van der Waals surface area contributed by atoms with E-state index in [0.717, 1.165) is 38.6 Å². The highest BCUT2D eigenvalue weighted by atomic mass is 16.5. The molecule has 1 unspecified atom stereocenters. The fraction of sp³-hybridized carbons (Fsp3) is 0.588. The smallest absolute Gasteiger partial charge is 0.191 e. The number of nitrogens with zero attached hydrogens (tertiary/aromatic N) is 2. The molecule has 0 amide bonds. The number of aliphatic imine (C=N–C) groups is 1. The molecule has 0 radical (unpaired) electrons. The van der Waals surface area contributed by atoms with Crippen molar-refractivity contribution in [1.82, 2.24) is 15.5 Å². The maximum atomic E-state index is 5.07. The molecule has 0 aromatic heterocycles. The standard InChI is InChI=1S/C17H30N4O/c1-15(16-9-6-5-7-10-16)20-17(18-2)19-11-8-12-21(3)13-14-22-4/h5-7,9-10,15H,8,11-14H2,1-4H3,(H2,18,19,20). The lowest BCUT2D eigenvalue weighted by atomic mass is 10.1. The zero-order chi connectivity index (χ0) is 16.2. The summed E-state index contributed by atoms with van der Waals surface area (Å²) in [5, 5.41) is 6.77. The largest absolute Gasteiger partial charge is 0.383 e. The minimum absolute atomic E-state index is 0.233. The van der Waals surface area contributed by atoms with Crippen molar-refractivity contribution in [3.63, 3.8) is 0 Å². The van der Waals surface area contributed by atoms with E-state index < -0.39 is 0 Å². The monoisotopic (exact) mass is 306 g/mol. The van der Waals surface area contributed by atoms with Gasteiger partial charge in [0.05, 0.1) is 12.6 Å². The summed E-state index contributed by atoms with van der Waals surface area (Å²) in [6.45, 7) is 5.83. The molecule has 0 fully saturated rings. The summed E-state index contributed by atoms with van der Waals surface area (Å²) in [5.41, 5.74) is 1.25. The number of ether oxygens (including phenoxy) is 1. The zero-order valence-corrected chi connectivity index (χ0v) is 14.3. The third-order valence-corrected chi connectivity index (χ3v) is 3.56. The number of hydrogen-bond acceptors (Lipinski definition) is 3. The third kappa shape index (κ3) is 7.43. The normalized spacial score (nSPS) is 13.2. The van der Waals surface area contributed by atoms with Crippen molar-refractivity contribution in [3.8, 4) is 0 Å². The average Bonchev–Trinajstić information content (AvgIpc) is 2.56. The van der Waals surface area contributed by atoms with E-state index >= 15 is 0 Å². The van der Waals surface area contributed by atoms with Crippen LogP contribution < -0.4 is 10.6 Å². The Labute approximate surface area is 134 Å². The van der Waals surface area contributed by atoms with Gasteiger partial charge in [0.15, 0.2) is 5.96 Å². The van der Waals surface area contributed by atoms with E-state index in [1.807, 2.05) is 6.07 Å². The van der Waals surface area contributed by atoms with E-state index in [2.05, 4.69) is 58.8 Å². The molecule has 1 aromatic rings.